The first kappa shape index (κ1) is 20.8. The number of carbonyl (C=O) groups is 2. The van der Waals surface area contributed by atoms with Crippen molar-refractivity contribution >= 4 is 21.8 Å². The minimum absolute atomic E-state index is 0.0959. The number of hydrogen-bond acceptors (Lipinski definition) is 4. The minimum Gasteiger partial charge on any atom is -0.347 e. The summed E-state index contributed by atoms with van der Waals surface area (Å²) in [5, 5.41) is 2.91. The Morgan fingerprint density at radius 3 is 2.32 bits per heavy atom. The van der Waals surface area contributed by atoms with E-state index >= 15 is 0 Å². The van der Waals surface area contributed by atoms with Gasteiger partial charge in [-0.1, -0.05) is 12.1 Å². The third-order valence-electron chi connectivity index (χ3n) is 7.35. The van der Waals surface area contributed by atoms with Gasteiger partial charge in [-0.3, -0.25) is 4.79 Å². The van der Waals surface area contributed by atoms with Gasteiger partial charge in [0.25, 0.3) is 0 Å². The second kappa shape index (κ2) is 7.80. The van der Waals surface area contributed by atoms with Crippen molar-refractivity contribution in [3.8, 4) is 0 Å². The summed E-state index contributed by atoms with van der Waals surface area (Å²) >= 11 is 0. The van der Waals surface area contributed by atoms with Crippen LogP contribution in [0.5, 0.6) is 0 Å². The largest absolute Gasteiger partial charge is 0.347 e. The molecule has 3 amide bonds. The molecular formula is C23H31N3O4S. The van der Waals surface area contributed by atoms with E-state index in [2.05, 4.69) is 5.32 Å². The summed E-state index contributed by atoms with van der Waals surface area (Å²) in [6.45, 7) is 2.78. The zero-order chi connectivity index (χ0) is 21.6. The van der Waals surface area contributed by atoms with Crippen LogP contribution in [-0.2, 0) is 21.1 Å². The van der Waals surface area contributed by atoms with E-state index in [0.29, 0.717) is 30.3 Å². The van der Waals surface area contributed by atoms with E-state index in [1.165, 1.54) is 0 Å². The van der Waals surface area contributed by atoms with Gasteiger partial charge in [0.2, 0.25) is 5.91 Å². The van der Waals surface area contributed by atoms with E-state index in [9.17, 15) is 18.0 Å². The summed E-state index contributed by atoms with van der Waals surface area (Å²) in [4.78, 5) is 28.8. The van der Waals surface area contributed by atoms with Gasteiger partial charge < -0.3 is 15.1 Å². The van der Waals surface area contributed by atoms with E-state index in [0.717, 1.165) is 63.6 Å². The fraction of sp³-hybridized carbons (Fsp3) is 0.652. The fourth-order valence-electron chi connectivity index (χ4n) is 5.31. The van der Waals surface area contributed by atoms with Gasteiger partial charge >= 0.3 is 6.03 Å². The number of carbonyl (C=O) groups excluding carboxylic acids is 2. The van der Waals surface area contributed by atoms with Gasteiger partial charge in [0.05, 0.1) is 15.7 Å². The molecule has 8 heteroatoms. The number of benzene rings is 1. The molecule has 1 aromatic carbocycles. The second-order valence-electron chi connectivity index (χ2n) is 9.84. The zero-order valence-electron chi connectivity index (χ0n) is 17.9. The first-order valence-corrected chi connectivity index (χ1v) is 13.1. The van der Waals surface area contributed by atoms with Crippen LogP contribution < -0.4 is 5.32 Å². The smallest absolute Gasteiger partial charge is 0.320 e. The predicted octanol–water partition coefficient (Wildman–Crippen LogP) is 2.35. The molecule has 3 aliphatic heterocycles. The number of urea groups is 1. The monoisotopic (exact) mass is 445 g/mol. The molecule has 1 spiro atoms. The molecule has 3 heterocycles. The average Bonchev–Trinajstić information content (AvgIpc) is 3.58. The van der Waals surface area contributed by atoms with Crippen LogP contribution in [0.2, 0.25) is 0 Å². The van der Waals surface area contributed by atoms with E-state index in [1.807, 2.05) is 21.9 Å². The van der Waals surface area contributed by atoms with E-state index in [1.54, 1.807) is 12.1 Å². The zero-order valence-corrected chi connectivity index (χ0v) is 18.7. The summed E-state index contributed by atoms with van der Waals surface area (Å²) in [5.41, 5.74) is 0.986. The molecule has 0 atom stereocenters. The molecule has 1 aromatic rings. The van der Waals surface area contributed by atoms with Crippen molar-refractivity contribution in [1.82, 2.24) is 15.1 Å². The van der Waals surface area contributed by atoms with Crippen molar-refractivity contribution in [2.75, 3.05) is 26.2 Å². The number of nitrogens with one attached hydrogen (secondary N) is 1. The SMILES string of the molecule is O=C1CCCC2(CN(C(=O)N3CCC(Cc4ccc(S(=O)(=O)C5CC5)cc4)CC3)C2)N1. The van der Waals surface area contributed by atoms with Crippen LogP contribution in [0.15, 0.2) is 29.2 Å². The predicted molar refractivity (Wildman–Crippen MR) is 116 cm³/mol. The topological polar surface area (TPSA) is 86.8 Å². The Kier molecular flexibility index (Phi) is 5.23. The first-order valence-electron chi connectivity index (χ1n) is 11.5. The normalized spacial score (nSPS) is 24.1. The van der Waals surface area contributed by atoms with Gasteiger partial charge in [-0.25, -0.2) is 13.2 Å². The maximum absolute atomic E-state index is 12.8. The third-order valence-corrected chi connectivity index (χ3v) is 9.62. The van der Waals surface area contributed by atoms with Gasteiger partial charge in [0.15, 0.2) is 9.84 Å². The molecule has 1 saturated carbocycles. The van der Waals surface area contributed by atoms with Gasteiger partial charge in [-0.15, -0.1) is 0 Å². The highest BCUT2D eigenvalue weighted by atomic mass is 32.2. The van der Waals surface area contributed by atoms with E-state index in [-0.39, 0.29) is 22.7 Å². The van der Waals surface area contributed by atoms with E-state index in [4.69, 9.17) is 0 Å². The molecule has 31 heavy (non-hydrogen) atoms. The fourth-order valence-corrected chi connectivity index (χ4v) is 6.97. The van der Waals surface area contributed by atoms with Gasteiger partial charge in [0.1, 0.15) is 0 Å². The van der Waals surface area contributed by atoms with Crippen LogP contribution in [0.3, 0.4) is 0 Å². The molecule has 168 valence electrons. The van der Waals surface area contributed by atoms with Gasteiger partial charge in [-0.2, -0.15) is 0 Å². The summed E-state index contributed by atoms with van der Waals surface area (Å²) in [5.74, 6) is 0.618. The maximum Gasteiger partial charge on any atom is 0.320 e. The Morgan fingerprint density at radius 2 is 1.71 bits per heavy atom. The van der Waals surface area contributed by atoms with Crippen LogP contribution >= 0.6 is 0 Å². The van der Waals surface area contributed by atoms with Crippen molar-refractivity contribution in [3.63, 3.8) is 0 Å². The summed E-state index contributed by atoms with van der Waals surface area (Å²) in [6.07, 6.45) is 6.89. The molecule has 0 radical (unpaired) electrons. The van der Waals surface area contributed by atoms with Crippen molar-refractivity contribution in [2.24, 2.45) is 5.92 Å². The maximum atomic E-state index is 12.8. The van der Waals surface area contributed by atoms with Crippen molar-refractivity contribution in [1.29, 1.82) is 0 Å². The Balaban J connectivity index is 1.09. The number of sulfone groups is 1. The molecule has 1 aliphatic carbocycles. The lowest BCUT2D eigenvalue weighted by atomic mass is 9.81. The molecule has 0 unspecified atom stereocenters. The molecule has 4 aliphatic rings. The average molecular weight is 446 g/mol. The molecule has 7 nitrogen and oxygen atoms in total. The van der Waals surface area contributed by atoms with Gasteiger partial charge in [0, 0.05) is 32.6 Å². The molecule has 3 saturated heterocycles. The Labute approximate surface area is 184 Å². The van der Waals surface area contributed by atoms with Crippen LogP contribution in [0.4, 0.5) is 4.79 Å². The number of hydrogen-bond donors (Lipinski definition) is 1. The van der Waals surface area contributed by atoms with Gasteiger partial charge in [-0.05, 0) is 68.6 Å². The second-order valence-corrected chi connectivity index (χ2v) is 12.1. The quantitative estimate of drug-likeness (QED) is 0.771. The standard InChI is InChI=1S/C23H31N3O4S/c27-21-2-1-11-23(24-21)15-26(16-23)22(28)25-12-9-18(10-13-25)14-17-3-5-19(6-4-17)31(29,30)20-7-8-20/h3-6,18,20H,1-2,7-16H2,(H,24,27). The van der Waals surface area contributed by atoms with E-state index < -0.39 is 9.84 Å². The van der Waals surface area contributed by atoms with Crippen LogP contribution in [0.1, 0.15) is 50.5 Å². The van der Waals surface area contributed by atoms with Crippen LogP contribution in [-0.4, -0.2) is 67.1 Å². The highest BCUT2D eigenvalue weighted by Gasteiger charge is 2.48. The lowest BCUT2D eigenvalue weighted by Crippen LogP contribution is -2.73. The molecule has 0 bridgehead atoms. The highest BCUT2D eigenvalue weighted by Crippen LogP contribution is 2.34. The Bertz CT molecular complexity index is 957. The Hall–Kier alpha value is -2.09. The van der Waals surface area contributed by atoms with Crippen molar-refractivity contribution < 1.29 is 18.0 Å². The highest BCUT2D eigenvalue weighted by molar-refractivity contribution is 7.92. The molecule has 1 N–H and O–H groups in total. The number of amides is 3. The number of piperidine rings is 2. The van der Waals surface area contributed by atoms with Crippen molar-refractivity contribution in [2.45, 2.75) is 67.1 Å². The number of rotatable bonds is 4. The molecule has 4 fully saturated rings. The lowest BCUT2D eigenvalue weighted by Gasteiger charge is -2.53. The third kappa shape index (κ3) is 4.19. The number of likely N-dealkylation sites (tertiary alicyclic amines) is 2. The molecule has 0 aromatic heterocycles. The number of nitrogens with zero attached hydrogens (tertiary/aromatic N) is 2. The first-order chi connectivity index (χ1) is 14.8. The minimum atomic E-state index is -3.12. The van der Waals surface area contributed by atoms with Crippen molar-refractivity contribution in [3.05, 3.63) is 29.8 Å². The molecule has 5 rings (SSSR count). The molecular weight excluding hydrogens is 414 g/mol. The summed E-state index contributed by atoms with van der Waals surface area (Å²) in [6, 6.07) is 7.50. The lowest BCUT2D eigenvalue weighted by molar-refractivity contribution is -0.128. The van der Waals surface area contributed by atoms with Crippen LogP contribution in [0, 0.1) is 5.92 Å². The summed E-state index contributed by atoms with van der Waals surface area (Å²) in [7, 11) is -3.12. The Morgan fingerprint density at radius 1 is 1.03 bits per heavy atom. The summed E-state index contributed by atoms with van der Waals surface area (Å²) < 4.78 is 24.7. The van der Waals surface area contributed by atoms with Crippen LogP contribution in [0.25, 0.3) is 0 Å².